The van der Waals surface area contributed by atoms with Crippen LogP contribution in [-0.2, 0) is 6.54 Å². The van der Waals surface area contributed by atoms with Gasteiger partial charge in [0.1, 0.15) is 0 Å². The highest BCUT2D eigenvalue weighted by Gasteiger charge is 2.15. The van der Waals surface area contributed by atoms with E-state index < -0.39 is 0 Å². The van der Waals surface area contributed by atoms with E-state index in [-0.39, 0.29) is 0 Å². The highest BCUT2D eigenvalue weighted by atomic mass is 35.5. The molecule has 0 unspecified atom stereocenters. The number of piperazine rings is 1. The van der Waals surface area contributed by atoms with Gasteiger partial charge in [-0.25, -0.2) is 0 Å². The molecule has 1 saturated heterocycles. The Hall–Kier alpha value is -0.570. The molecule has 1 aromatic carbocycles. The van der Waals surface area contributed by atoms with Crippen LogP contribution in [0.15, 0.2) is 24.3 Å². The maximum Gasteiger partial charge on any atom is 0.0451 e. The maximum absolute atomic E-state index is 6.16. The second-order valence-corrected chi connectivity index (χ2v) is 4.71. The minimum Gasteiger partial charge on any atom is -0.301 e. The van der Waals surface area contributed by atoms with Crippen LogP contribution in [-0.4, -0.2) is 42.5 Å². The van der Waals surface area contributed by atoms with E-state index in [1.807, 2.05) is 12.1 Å². The Morgan fingerprint density at radius 2 is 1.69 bits per heavy atom. The fraction of sp³-hybridized carbons (Fsp3) is 0.538. The second-order valence-electron chi connectivity index (χ2n) is 4.30. The van der Waals surface area contributed by atoms with Crippen molar-refractivity contribution < 1.29 is 0 Å². The van der Waals surface area contributed by atoms with Crippen molar-refractivity contribution in [1.29, 1.82) is 0 Å². The lowest BCUT2D eigenvalue weighted by Crippen LogP contribution is -2.45. The van der Waals surface area contributed by atoms with Crippen LogP contribution < -0.4 is 0 Å². The quantitative estimate of drug-likeness (QED) is 0.799. The minimum absolute atomic E-state index is 0.889. The minimum atomic E-state index is 0.889. The Labute approximate surface area is 103 Å². The normalized spacial score (nSPS) is 18.9. The smallest absolute Gasteiger partial charge is 0.0451 e. The van der Waals surface area contributed by atoms with Gasteiger partial charge in [-0.05, 0) is 18.2 Å². The van der Waals surface area contributed by atoms with Crippen LogP contribution in [0.3, 0.4) is 0 Å². The zero-order chi connectivity index (χ0) is 11.4. The summed E-state index contributed by atoms with van der Waals surface area (Å²) in [5.74, 6) is 0. The third-order valence-electron chi connectivity index (χ3n) is 3.26. The predicted octanol–water partition coefficient (Wildman–Crippen LogP) is 2.48. The summed E-state index contributed by atoms with van der Waals surface area (Å²) in [4.78, 5) is 4.97. The molecule has 0 saturated carbocycles. The molecule has 1 aliphatic heterocycles. The zero-order valence-corrected chi connectivity index (χ0v) is 10.6. The van der Waals surface area contributed by atoms with Crippen molar-refractivity contribution in [3.8, 4) is 0 Å². The number of hydrogen-bond acceptors (Lipinski definition) is 2. The Balaban J connectivity index is 1.89. The van der Waals surface area contributed by atoms with Gasteiger partial charge in [0.2, 0.25) is 0 Å². The van der Waals surface area contributed by atoms with Gasteiger partial charge in [-0.3, -0.25) is 4.90 Å². The van der Waals surface area contributed by atoms with E-state index in [9.17, 15) is 0 Å². The monoisotopic (exact) mass is 238 g/mol. The van der Waals surface area contributed by atoms with E-state index in [0.29, 0.717) is 0 Å². The molecular formula is C13H19ClN2. The Morgan fingerprint density at radius 3 is 2.31 bits per heavy atom. The molecule has 2 nitrogen and oxygen atoms in total. The first-order chi connectivity index (χ1) is 7.79. The maximum atomic E-state index is 6.16. The molecule has 0 amide bonds. The number of nitrogens with zero attached hydrogens (tertiary/aromatic N) is 2. The average molecular weight is 239 g/mol. The van der Waals surface area contributed by atoms with Crippen LogP contribution in [0.1, 0.15) is 12.5 Å². The number of hydrogen-bond donors (Lipinski definition) is 0. The van der Waals surface area contributed by atoms with Crippen molar-refractivity contribution in [2.75, 3.05) is 32.7 Å². The van der Waals surface area contributed by atoms with Gasteiger partial charge < -0.3 is 4.90 Å². The summed E-state index contributed by atoms with van der Waals surface area (Å²) >= 11 is 6.16. The van der Waals surface area contributed by atoms with Crippen molar-refractivity contribution in [2.24, 2.45) is 0 Å². The number of halogens is 1. The number of benzene rings is 1. The third-order valence-corrected chi connectivity index (χ3v) is 3.63. The van der Waals surface area contributed by atoms with Gasteiger partial charge in [-0.1, -0.05) is 36.7 Å². The predicted molar refractivity (Wildman–Crippen MR) is 68.8 cm³/mol. The molecule has 0 atom stereocenters. The molecule has 1 aromatic rings. The van der Waals surface area contributed by atoms with Crippen LogP contribution in [0.2, 0.25) is 5.02 Å². The van der Waals surface area contributed by atoms with Gasteiger partial charge in [0.05, 0.1) is 0 Å². The van der Waals surface area contributed by atoms with E-state index in [1.54, 1.807) is 0 Å². The molecule has 0 aliphatic carbocycles. The largest absolute Gasteiger partial charge is 0.301 e. The summed E-state index contributed by atoms with van der Waals surface area (Å²) in [5, 5.41) is 0.889. The lowest BCUT2D eigenvalue weighted by Gasteiger charge is -2.34. The van der Waals surface area contributed by atoms with Crippen LogP contribution in [0, 0.1) is 0 Å². The standard InChI is InChI=1S/C13H19ClN2/c1-2-15-7-9-16(10-8-15)11-12-5-3-4-6-13(12)14/h3-6H,2,7-11H2,1H3. The van der Waals surface area contributed by atoms with Gasteiger partial charge in [-0.15, -0.1) is 0 Å². The summed E-state index contributed by atoms with van der Waals surface area (Å²) in [7, 11) is 0. The topological polar surface area (TPSA) is 6.48 Å². The molecule has 2 rings (SSSR count). The molecule has 1 fully saturated rings. The van der Waals surface area contributed by atoms with Crippen molar-refractivity contribution in [2.45, 2.75) is 13.5 Å². The average Bonchev–Trinajstić information content (AvgIpc) is 2.33. The van der Waals surface area contributed by atoms with Crippen LogP contribution in [0.25, 0.3) is 0 Å². The van der Waals surface area contributed by atoms with Crippen molar-refractivity contribution in [3.05, 3.63) is 34.9 Å². The van der Waals surface area contributed by atoms with Crippen molar-refractivity contribution in [1.82, 2.24) is 9.80 Å². The summed E-state index contributed by atoms with van der Waals surface area (Å²) < 4.78 is 0. The highest BCUT2D eigenvalue weighted by Crippen LogP contribution is 2.17. The van der Waals surface area contributed by atoms with E-state index in [1.165, 1.54) is 25.2 Å². The fourth-order valence-electron chi connectivity index (χ4n) is 2.13. The van der Waals surface area contributed by atoms with Gasteiger partial charge in [0.25, 0.3) is 0 Å². The van der Waals surface area contributed by atoms with Gasteiger partial charge in [-0.2, -0.15) is 0 Å². The molecule has 0 bridgehead atoms. The van der Waals surface area contributed by atoms with Gasteiger partial charge in [0, 0.05) is 37.7 Å². The Kier molecular flexibility index (Phi) is 4.22. The van der Waals surface area contributed by atoms with Crippen LogP contribution >= 0.6 is 11.6 Å². The summed E-state index contributed by atoms with van der Waals surface area (Å²) in [6.07, 6.45) is 0. The molecule has 0 radical (unpaired) electrons. The lowest BCUT2D eigenvalue weighted by molar-refractivity contribution is 0.132. The second kappa shape index (κ2) is 5.67. The van der Waals surface area contributed by atoms with Gasteiger partial charge in [0.15, 0.2) is 0 Å². The molecule has 1 heterocycles. The Morgan fingerprint density at radius 1 is 1.06 bits per heavy atom. The lowest BCUT2D eigenvalue weighted by atomic mass is 10.2. The molecule has 16 heavy (non-hydrogen) atoms. The van der Waals surface area contributed by atoms with Crippen LogP contribution in [0.5, 0.6) is 0 Å². The highest BCUT2D eigenvalue weighted by molar-refractivity contribution is 6.31. The SMILES string of the molecule is CCN1CCN(Cc2ccccc2Cl)CC1. The molecule has 1 aliphatic rings. The van der Waals surface area contributed by atoms with E-state index in [0.717, 1.165) is 24.7 Å². The molecule has 3 heteroatoms. The van der Waals surface area contributed by atoms with Crippen molar-refractivity contribution >= 4 is 11.6 Å². The molecule has 0 N–H and O–H groups in total. The number of rotatable bonds is 3. The zero-order valence-electron chi connectivity index (χ0n) is 9.82. The van der Waals surface area contributed by atoms with Crippen molar-refractivity contribution in [3.63, 3.8) is 0 Å². The first kappa shape index (κ1) is 11.9. The molecular weight excluding hydrogens is 220 g/mol. The summed E-state index contributed by atoms with van der Waals surface area (Å²) in [6, 6.07) is 8.14. The Bertz CT molecular complexity index is 332. The first-order valence-corrected chi connectivity index (χ1v) is 6.35. The first-order valence-electron chi connectivity index (χ1n) is 5.97. The molecule has 0 aromatic heterocycles. The van der Waals surface area contributed by atoms with E-state index in [4.69, 9.17) is 11.6 Å². The van der Waals surface area contributed by atoms with E-state index >= 15 is 0 Å². The van der Waals surface area contributed by atoms with E-state index in [2.05, 4.69) is 28.9 Å². The molecule has 0 spiro atoms. The third kappa shape index (κ3) is 2.97. The number of likely N-dealkylation sites (N-methyl/N-ethyl adjacent to an activating group) is 1. The summed E-state index contributed by atoms with van der Waals surface area (Å²) in [6.45, 7) is 9.04. The molecule has 88 valence electrons. The summed E-state index contributed by atoms with van der Waals surface area (Å²) in [5.41, 5.74) is 1.24. The van der Waals surface area contributed by atoms with Gasteiger partial charge >= 0.3 is 0 Å². The van der Waals surface area contributed by atoms with Crippen LogP contribution in [0.4, 0.5) is 0 Å². The fourth-order valence-corrected chi connectivity index (χ4v) is 2.33.